The Hall–Kier alpha value is -1.02. The number of rotatable bonds is 4. The quantitative estimate of drug-likeness (QED) is 0.912. The molecule has 3 fully saturated rings. The fraction of sp³-hybridized carbons (Fsp3) is 0.684. The number of fused-ring (bicyclic) bond motifs is 5. The molecular weight excluding hydrogens is 260 g/mol. The molecule has 3 saturated carbocycles. The lowest BCUT2D eigenvalue weighted by Crippen LogP contribution is -2.41. The maximum absolute atomic E-state index is 11.2. The molecule has 0 heterocycles. The summed E-state index contributed by atoms with van der Waals surface area (Å²) in [5.41, 5.74) is 0.936. The van der Waals surface area contributed by atoms with E-state index in [-0.39, 0.29) is 5.60 Å². The lowest BCUT2D eigenvalue weighted by atomic mass is 9.71. The molecule has 1 aromatic rings. The Labute approximate surface area is 127 Å². The van der Waals surface area contributed by atoms with E-state index in [4.69, 9.17) is 4.74 Å². The van der Waals surface area contributed by atoms with E-state index >= 15 is 0 Å². The van der Waals surface area contributed by atoms with Crippen molar-refractivity contribution in [2.75, 3.05) is 7.11 Å². The minimum atomic E-state index is -0.379. The zero-order chi connectivity index (χ0) is 14.4. The predicted octanol–water partition coefficient (Wildman–Crippen LogP) is 3.82. The van der Waals surface area contributed by atoms with Crippen LogP contribution in [0.25, 0.3) is 0 Å². The van der Waals surface area contributed by atoms with Gasteiger partial charge >= 0.3 is 0 Å². The van der Waals surface area contributed by atoms with Gasteiger partial charge in [0.25, 0.3) is 0 Å². The summed E-state index contributed by atoms with van der Waals surface area (Å²) in [4.78, 5) is 0. The van der Waals surface area contributed by atoms with Crippen molar-refractivity contribution in [2.24, 2.45) is 23.7 Å². The molecule has 1 N–H and O–H groups in total. The molecule has 0 aliphatic heterocycles. The van der Waals surface area contributed by atoms with Crippen molar-refractivity contribution in [1.82, 2.24) is 0 Å². The van der Waals surface area contributed by atoms with Crippen LogP contribution in [-0.2, 0) is 6.42 Å². The third-order valence-electron chi connectivity index (χ3n) is 6.62. The van der Waals surface area contributed by atoms with E-state index in [1.807, 2.05) is 12.1 Å². The van der Waals surface area contributed by atoms with Crippen LogP contribution >= 0.6 is 0 Å². The van der Waals surface area contributed by atoms with Crippen LogP contribution in [-0.4, -0.2) is 17.8 Å². The highest BCUT2D eigenvalue weighted by molar-refractivity contribution is 5.27. The van der Waals surface area contributed by atoms with Crippen molar-refractivity contribution >= 4 is 0 Å². The summed E-state index contributed by atoms with van der Waals surface area (Å²) in [6, 6.07) is 8.31. The normalized spacial score (nSPS) is 40.5. The topological polar surface area (TPSA) is 29.5 Å². The first-order valence-corrected chi connectivity index (χ1v) is 8.55. The number of ether oxygens (including phenoxy) is 1. The minimum absolute atomic E-state index is 0.379. The van der Waals surface area contributed by atoms with Gasteiger partial charge in [0.15, 0.2) is 0 Å². The lowest BCUT2D eigenvalue weighted by molar-refractivity contribution is -0.0516. The third-order valence-corrected chi connectivity index (χ3v) is 6.62. The van der Waals surface area contributed by atoms with Gasteiger partial charge in [-0.1, -0.05) is 18.6 Å². The maximum Gasteiger partial charge on any atom is 0.118 e. The Bertz CT molecular complexity index is 509. The van der Waals surface area contributed by atoms with E-state index in [2.05, 4.69) is 12.1 Å². The highest BCUT2D eigenvalue weighted by Crippen LogP contribution is 2.63. The van der Waals surface area contributed by atoms with Crippen molar-refractivity contribution < 1.29 is 9.84 Å². The van der Waals surface area contributed by atoms with Crippen LogP contribution in [0.15, 0.2) is 24.3 Å². The number of hydrogen-bond acceptors (Lipinski definition) is 2. The van der Waals surface area contributed by atoms with Crippen molar-refractivity contribution in [3.8, 4) is 5.75 Å². The van der Waals surface area contributed by atoms with E-state index in [9.17, 15) is 5.11 Å². The molecule has 0 saturated heterocycles. The Morgan fingerprint density at radius 3 is 2.71 bits per heavy atom. The standard InChI is InChI=1S/C19H26O2/c1-21-15-7-5-13(6-8-15)9-10-19(20)12-14-11-18(19)17-4-2-3-16(14)17/h5-8,14,16-18,20H,2-4,9-12H2,1H3. The van der Waals surface area contributed by atoms with E-state index in [0.717, 1.165) is 42.8 Å². The second-order valence-electron chi connectivity index (χ2n) is 7.52. The molecule has 5 unspecified atom stereocenters. The van der Waals surface area contributed by atoms with Crippen molar-refractivity contribution in [1.29, 1.82) is 0 Å². The second-order valence-corrected chi connectivity index (χ2v) is 7.52. The van der Waals surface area contributed by atoms with Gasteiger partial charge in [-0.05, 0) is 79.9 Å². The lowest BCUT2D eigenvalue weighted by Gasteiger charge is -2.39. The molecule has 2 heteroatoms. The van der Waals surface area contributed by atoms with Crippen LogP contribution in [0.3, 0.4) is 0 Å². The third kappa shape index (κ3) is 2.19. The van der Waals surface area contributed by atoms with E-state index in [0.29, 0.717) is 5.92 Å². The molecule has 0 radical (unpaired) electrons. The first-order chi connectivity index (χ1) is 10.2. The summed E-state index contributed by atoms with van der Waals surface area (Å²) in [5, 5.41) is 11.2. The smallest absolute Gasteiger partial charge is 0.118 e. The van der Waals surface area contributed by atoms with E-state index in [1.165, 1.54) is 31.2 Å². The SMILES string of the molecule is COc1ccc(CCC2(O)CC3CC2C2CCCC32)cc1. The molecule has 3 aliphatic rings. The van der Waals surface area contributed by atoms with Gasteiger partial charge in [0, 0.05) is 0 Å². The molecule has 2 nitrogen and oxygen atoms in total. The van der Waals surface area contributed by atoms with Gasteiger partial charge in [0.05, 0.1) is 12.7 Å². The summed E-state index contributed by atoms with van der Waals surface area (Å²) in [5.74, 6) is 4.11. The first-order valence-electron chi connectivity index (χ1n) is 8.55. The Kier molecular flexibility index (Phi) is 3.25. The second kappa shape index (κ2) is 5.01. The summed E-state index contributed by atoms with van der Waals surface area (Å²) in [6.07, 6.45) is 8.49. The van der Waals surface area contributed by atoms with E-state index < -0.39 is 0 Å². The maximum atomic E-state index is 11.2. The number of methoxy groups -OCH3 is 1. The average molecular weight is 286 g/mol. The molecule has 0 aromatic heterocycles. The van der Waals surface area contributed by atoms with Crippen molar-refractivity contribution in [3.63, 3.8) is 0 Å². The van der Waals surface area contributed by atoms with Crippen molar-refractivity contribution in [3.05, 3.63) is 29.8 Å². The molecule has 1 aromatic carbocycles. The van der Waals surface area contributed by atoms with Gasteiger partial charge in [-0.15, -0.1) is 0 Å². The van der Waals surface area contributed by atoms with Crippen LogP contribution in [0, 0.1) is 23.7 Å². The number of aryl methyl sites for hydroxylation is 1. The fourth-order valence-corrected chi connectivity index (χ4v) is 5.68. The highest BCUT2D eigenvalue weighted by atomic mass is 16.5. The molecule has 0 amide bonds. The first kappa shape index (κ1) is 13.6. The largest absolute Gasteiger partial charge is 0.497 e. The van der Waals surface area contributed by atoms with Crippen LogP contribution < -0.4 is 4.74 Å². The average Bonchev–Trinajstić information content (AvgIpc) is 3.17. The molecule has 3 aliphatic carbocycles. The van der Waals surface area contributed by atoms with Gasteiger partial charge in [0.2, 0.25) is 0 Å². The van der Waals surface area contributed by atoms with Crippen molar-refractivity contribution in [2.45, 2.75) is 50.5 Å². The van der Waals surface area contributed by atoms with Gasteiger partial charge in [-0.3, -0.25) is 0 Å². The number of aliphatic hydroxyl groups is 1. The number of hydrogen-bond donors (Lipinski definition) is 1. The molecule has 2 bridgehead atoms. The van der Waals surface area contributed by atoms with Crippen LogP contribution in [0.1, 0.15) is 44.1 Å². The Morgan fingerprint density at radius 1 is 1.19 bits per heavy atom. The monoisotopic (exact) mass is 286 g/mol. The molecule has 0 spiro atoms. The Morgan fingerprint density at radius 2 is 1.95 bits per heavy atom. The zero-order valence-corrected chi connectivity index (χ0v) is 12.9. The summed E-state index contributed by atoms with van der Waals surface area (Å²) in [7, 11) is 1.70. The van der Waals surface area contributed by atoms with Crippen LogP contribution in [0.2, 0.25) is 0 Å². The highest BCUT2D eigenvalue weighted by Gasteiger charge is 2.59. The molecular formula is C19H26O2. The van der Waals surface area contributed by atoms with E-state index in [1.54, 1.807) is 7.11 Å². The van der Waals surface area contributed by atoms with Gasteiger partial charge < -0.3 is 9.84 Å². The van der Waals surface area contributed by atoms with Gasteiger partial charge in [-0.25, -0.2) is 0 Å². The minimum Gasteiger partial charge on any atom is -0.497 e. The summed E-state index contributed by atoms with van der Waals surface area (Å²) in [6.45, 7) is 0. The fourth-order valence-electron chi connectivity index (χ4n) is 5.68. The molecule has 21 heavy (non-hydrogen) atoms. The molecule has 5 atom stereocenters. The van der Waals surface area contributed by atoms with Crippen LogP contribution in [0.5, 0.6) is 5.75 Å². The van der Waals surface area contributed by atoms with Crippen LogP contribution in [0.4, 0.5) is 0 Å². The summed E-state index contributed by atoms with van der Waals surface area (Å²) >= 11 is 0. The van der Waals surface area contributed by atoms with Gasteiger partial charge in [-0.2, -0.15) is 0 Å². The van der Waals surface area contributed by atoms with Gasteiger partial charge in [0.1, 0.15) is 5.75 Å². The summed E-state index contributed by atoms with van der Waals surface area (Å²) < 4.78 is 5.21. The number of benzene rings is 1. The molecule has 4 rings (SSSR count). The Balaban J connectivity index is 1.42. The zero-order valence-electron chi connectivity index (χ0n) is 12.9. The molecule has 114 valence electrons. The predicted molar refractivity (Wildman–Crippen MR) is 83.3 cm³/mol.